The number of alkyl carbamates (subject to hydrolysis) is 1. The first-order valence-corrected chi connectivity index (χ1v) is 8.34. The lowest BCUT2D eigenvalue weighted by atomic mass is 9.86. The normalized spacial score (nSPS) is 22.0. The number of hydrogen-bond acceptors (Lipinski definition) is 3. The molecule has 1 saturated carbocycles. The summed E-state index contributed by atoms with van der Waals surface area (Å²) in [7, 11) is 0. The number of amides is 2. The van der Waals surface area contributed by atoms with Gasteiger partial charge in [0.15, 0.2) is 0 Å². The summed E-state index contributed by atoms with van der Waals surface area (Å²) in [4.78, 5) is 24.0. The van der Waals surface area contributed by atoms with E-state index in [2.05, 4.69) is 17.6 Å². The summed E-state index contributed by atoms with van der Waals surface area (Å²) in [5.41, 5.74) is 0.913. The van der Waals surface area contributed by atoms with Crippen LogP contribution in [0.1, 0.15) is 45.1 Å². The first kappa shape index (κ1) is 17.3. The number of carbonyl (C=O) groups is 2. The van der Waals surface area contributed by atoms with Crippen molar-refractivity contribution in [2.45, 2.75) is 58.2 Å². The highest BCUT2D eigenvalue weighted by Gasteiger charge is 2.25. The first-order chi connectivity index (χ1) is 11.1. The SMILES string of the molecule is C[C@H](NC(=O)OCc1ccccc1)C(=O)N[C@@H]1CCCC[C@H]1C. The lowest BCUT2D eigenvalue weighted by Gasteiger charge is -2.30. The molecule has 0 spiro atoms. The van der Waals surface area contributed by atoms with Crippen molar-refractivity contribution in [2.75, 3.05) is 0 Å². The van der Waals surface area contributed by atoms with Crippen molar-refractivity contribution in [2.24, 2.45) is 5.92 Å². The molecule has 0 heterocycles. The number of nitrogens with one attached hydrogen (secondary N) is 2. The molecule has 1 aromatic rings. The first-order valence-electron chi connectivity index (χ1n) is 8.34. The molecular formula is C18H26N2O3. The Morgan fingerprint density at radius 2 is 1.91 bits per heavy atom. The minimum atomic E-state index is -0.604. The molecule has 0 saturated heterocycles. The Balaban J connectivity index is 1.73. The van der Waals surface area contributed by atoms with E-state index in [0.717, 1.165) is 24.8 Å². The molecule has 2 rings (SSSR count). The lowest BCUT2D eigenvalue weighted by molar-refractivity contribution is -0.124. The maximum absolute atomic E-state index is 12.2. The number of carbonyl (C=O) groups excluding carboxylic acids is 2. The Morgan fingerprint density at radius 1 is 1.22 bits per heavy atom. The second kappa shape index (κ2) is 8.56. The predicted octanol–water partition coefficient (Wildman–Crippen LogP) is 3.00. The third-order valence-corrected chi connectivity index (χ3v) is 4.38. The van der Waals surface area contributed by atoms with E-state index in [4.69, 9.17) is 4.74 Å². The molecule has 0 radical (unpaired) electrons. The van der Waals surface area contributed by atoms with Gasteiger partial charge in [0, 0.05) is 6.04 Å². The minimum absolute atomic E-state index is 0.152. The van der Waals surface area contributed by atoms with Crippen LogP contribution in [0.15, 0.2) is 30.3 Å². The van der Waals surface area contributed by atoms with Gasteiger partial charge in [-0.3, -0.25) is 4.79 Å². The van der Waals surface area contributed by atoms with E-state index in [1.165, 1.54) is 6.42 Å². The number of hydrogen-bond donors (Lipinski definition) is 2. The van der Waals surface area contributed by atoms with Crippen LogP contribution in [0.25, 0.3) is 0 Å². The molecular weight excluding hydrogens is 292 g/mol. The molecule has 1 aromatic carbocycles. The molecule has 0 aromatic heterocycles. The van der Waals surface area contributed by atoms with Crippen LogP contribution >= 0.6 is 0 Å². The second-order valence-corrected chi connectivity index (χ2v) is 6.30. The van der Waals surface area contributed by atoms with Crippen molar-refractivity contribution in [3.05, 3.63) is 35.9 Å². The van der Waals surface area contributed by atoms with Crippen LogP contribution in [0.4, 0.5) is 4.79 Å². The van der Waals surface area contributed by atoms with Crippen LogP contribution in [-0.4, -0.2) is 24.1 Å². The van der Waals surface area contributed by atoms with E-state index in [-0.39, 0.29) is 18.6 Å². The van der Waals surface area contributed by atoms with E-state index in [1.807, 2.05) is 30.3 Å². The Morgan fingerprint density at radius 3 is 2.61 bits per heavy atom. The van der Waals surface area contributed by atoms with Gasteiger partial charge in [0.2, 0.25) is 5.91 Å². The van der Waals surface area contributed by atoms with E-state index in [1.54, 1.807) is 6.92 Å². The van der Waals surface area contributed by atoms with Gasteiger partial charge >= 0.3 is 6.09 Å². The standard InChI is InChI=1S/C18H26N2O3/c1-13-8-6-7-11-16(13)20-17(21)14(2)19-18(22)23-12-15-9-4-3-5-10-15/h3-5,9-10,13-14,16H,6-8,11-12H2,1-2H3,(H,19,22)(H,20,21)/t13-,14+,16-/m1/s1. The fourth-order valence-corrected chi connectivity index (χ4v) is 2.85. The Bertz CT molecular complexity index is 518. The van der Waals surface area contributed by atoms with Crippen LogP contribution in [0.3, 0.4) is 0 Å². The summed E-state index contributed by atoms with van der Waals surface area (Å²) < 4.78 is 5.13. The third-order valence-electron chi connectivity index (χ3n) is 4.38. The smallest absolute Gasteiger partial charge is 0.408 e. The van der Waals surface area contributed by atoms with Crippen molar-refractivity contribution in [3.63, 3.8) is 0 Å². The molecule has 5 heteroatoms. The van der Waals surface area contributed by atoms with Gasteiger partial charge in [0.05, 0.1) is 0 Å². The molecule has 1 aliphatic carbocycles. The van der Waals surface area contributed by atoms with Gasteiger partial charge < -0.3 is 15.4 Å². The molecule has 2 N–H and O–H groups in total. The fraction of sp³-hybridized carbons (Fsp3) is 0.556. The molecule has 3 atom stereocenters. The summed E-state index contributed by atoms with van der Waals surface area (Å²) in [6.45, 7) is 4.03. The second-order valence-electron chi connectivity index (χ2n) is 6.30. The molecule has 5 nitrogen and oxygen atoms in total. The molecule has 0 unspecified atom stereocenters. The van der Waals surface area contributed by atoms with E-state index in [0.29, 0.717) is 5.92 Å². The highest BCUT2D eigenvalue weighted by Crippen LogP contribution is 2.23. The van der Waals surface area contributed by atoms with Crippen LogP contribution in [0.5, 0.6) is 0 Å². The average molecular weight is 318 g/mol. The quantitative estimate of drug-likeness (QED) is 0.877. The van der Waals surface area contributed by atoms with E-state index >= 15 is 0 Å². The van der Waals surface area contributed by atoms with Gasteiger partial charge in [-0.15, -0.1) is 0 Å². The zero-order valence-electron chi connectivity index (χ0n) is 13.9. The van der Waals surface area contributed by atoms with Gasteiger partial charge in [-0.25, -0.2) is 4.79 Å². The van der Waals surface area contributed by atoms with E-state index < -0.39 is 12.1 Å². The van der Waals surface area contributed by atoms with Crippen LogP contribution in [0.2, 0.25) is 0 Å². The predicted molar refractivity (Wildman–Crippen MR) is 88.8 cm³/mol. The molecule has 2 amide bonds. The molecule has 23 heavy (non-hydrogen) atoms. The number of benzene rings is 1. The fourth-order valence-electron chi connectivity index (χ4n) is 2.85. The highest BCUT2D eigenvalue weighted by molar-refractivity contribution is 5.85. The largest absolute Gasteiger partial charge is 0.445 e. The van der Waals surface area contributed by atoms with Crippen molar-refractivity contribution in [3.8, 4) is 0 Å². The van der Waals surface area contributed by atoms with Gasteiger partial charge in [-0.1, -0.05) is 50.1 Å². The van der Waals surface area contributed by atoms with Crippen molar-refractivity contribution < 1.29 is 14.3 Å². The van der Waals surface area contributed by atoms with Crippen LogP contribution < -0.4 is 10.6 Å². The van der Waals surface area contributed by atoms with Crippen LogP contribution in [0, 0.1) is 5.92 Å². The number of ether oxygens (including phenoxy) is 1. The van der Waals surface area contributed by atoms with Gasteiger partial charge in [0.1, 0.15) is 12.6 Å². The van der Waals surface area contributed by atoms with Crippen molar-refractivity contribution in [1.82, 2.24) is 10.6 Å². The highest BCUT2D eigenvalue weighted by atomic mass is 16.5. The topological polar surface area (TPSA) is 67.4 Å². The number of rotatable bonds is 5. The third kappa shape index (κ3) is 5.58. The van der Waals surface area contributed by atoms with E-state index in [9.17, 15) is 9.59 Å². The molecule has 1 fully saturated rings. The zero-order chi connectivity index (χ0) is 16.7. The minimum Gasteiger partial charge on any atom is -0.445 e. The Kier molecular flexibility index (Phi) is 6.44. The molecule has 1 aliphatic rings. The molecule has 126 valence electrons. The zero-order valence-corrected chi connectivity index (χ0v) is 13.9. The summed E-state index contributed by atoms with van der Waals surface area (Å²) >= 11 is 0. The molecule has 0 bridgehead atoms. The summed E-state index contributed by atoms with van der Waals surface area (Å²) in [5.74, 6) is 0.338. The Hall–Kier alpha value is -2.04. The van der Waals surface area contributed by atoms with Crippen LogP contribution in [-0.2, 0) is 16.1 Å². The maximum Gasteiger partial charge on any atom is 0.408 e. The van der Waals surface area contributed by atoms with Crippen molar-refractivity contribution in [1.29, 1.82) is 0 Å². The molecule has 0 aliphatic heterocycles. The van der Waals surface area contributed by atoms with Gasteiger partial charge in [0.25, 0.3) is 0 Å². The Labute approximate surface area is 137 Å². The average Bonchev–Trinajstić information content (AvgIpc) is 2.56. The monoisotopic (exact) mass is 318 g/mol. The lowest BCUT2D eigenvalue weighted by Crippen LogP contribution is -2.50. The maximum atomic E-state index is 12.2. The summed E-state index contributed by atoms with van der Waals surface area (Å²) in [6, 6.07) is 9.05. The van der Waals surface area contributed by atoms with Gasteiger partial charge in [-0.05, 0) is 31.2 Å². The van der Waals surface area contributed by atoms with Crippen molar-refractivity contribution >= 4 is 12.0 Å². The summed E-state index contributed by atoms with van der Waals surface area (Å²) in [6.07, 6.45) is 3.96. The summed E-state index contributed by atoms with van der Waals surface area (Å²) in [5, 5.41) is 5.62. The van der Waals surface area contributed by atoms with Gasteiger partial charge in [-0.2, -0.15) is 0 Å².